The number of carbonyl (C=O) groups is 1. The number of urea groups is 1. The lowest BCUT2D eigenvalue weighted by Crippen LogP contribution is -2.39. The molecule has 0 radical (unpaired) electrons. The molecular formula is C26H29N3O4. The second-order valence-electron chi connectivity index (χ2n) is 8.10. The number of likely N-dealkylation sites (tertiary alicyclic amines) is 1. The first kappa shape index (κ1) is 22.5. The van der Waals surface area contributed by atoms with Crippen molar-refractivity contribution in [3.05, 3.63) is 77.2 Å². The summed E-state index contributed by atoms with van der Waals surface area (Å²) < 4.78 is 16.6. The zero-order chi connectivity index (χ0) is 23.0. The molecule has 4 rings (SSSR count). The summed E-state index contributed by atoms with van der Waals surface area (Å²) in [6.07, 6.45) is 5.39. The zero-order valence-electron chi connectivity index (χ0n) is 19.0. The number of amides is 2. The average Bonchev–Trinajstić information content (AvgIpc) is 3.22. The molecule has 1 N–H and O–H groups in total. The van der Waals surface area contributed by atoms with Crippen molar-refractivity contribution in [1.82, 2.24) is 10.1 Å². The molecule has 0 spiro atoms. The highest BCUT2D eigenvalue weighted by Crippen LogP contribution is 2.23. The number of nitrogens with one attached hydrogen (secondary N) is 1. The smallest absolute Gasteiger partial charge is 0.322 e. The molecule has 172 valence electrons. The van der Waals surface area contributed by atoms with Gasteiger partial charge in [0.2, 0.25) is 0 Å². The van der Waals surface area contributed by atoms with Crippen molar-refractivity contribution >= 4 is 17.8 Å². The summed E-state index contributed by atoms with van der Waals surface area (Å²) in [6, 6.07) is 15.9. The lowest BCUT2D eigenvalue weighted by Gasteiger charge is -2.28. The Bertz CT molecular complexity index is 1110. The van der Waals surface area contributed by atoms with E-state index in [0.717, 1.165) is 29.9 Å². The van der Waals surface area contributed by atoms with Gasteiger partial charge in [-0.25, -0.2) is 4.79 Å². The summed E-state index contributed by atoms with van der Waals surface area (Å²) in [4.78, 5) is 14.3. The Kier molecular flexibility index (Phi) is 7.29. The minimum atomic E-state index is -0.122. The predicted molar refractivity (Wildman–Crippen MR) is 128 cm³/mol. The molecule has 33 heavy (non-hydrogen) atoms. The molecule has 1 aliphatic rings. The maximum absolute atomic E-state index is 12.5. The van der Waals surface area contributed by atoms with Crippen molar-refractivity contribution in [2.75, 3.05) is 31.6 Å². The normalized spacial score (nSPS) is 13.5. The second-order valence-corrected chi connectivity index (χ2v) is 8.10. The van der Waals surface area contributed by atoms with Crippen molar-refractivity contribution in [3.8, 4) is 11.5 Å². The highest BCUT2D eigenvalue weighted by Gasteiger charge is 2.20. The van der Waals surface area contributed by atoms with Crippen LogP contribution in [-0.2, 0) is 0 Å². The summed E-state index contributed by atoms with van der Waals surface area (Å²) in [5.74, 6) is 2.27. The third-order valence-electron chi connectivity index (χ3n) is 5.52. The van der Waals surface area contributed by atoms with Gasteiger partial charge in [0.05, 0.1) is 6.20 Å². The highest BCUT2D eigenvalue weighted by molar-refractivity contribution is 5.89. The van der Waals surface area contributed by atoms with E-state index in [-0.39, 0.29) is 6.03 Å². The first-order chi connectivity index (χ1) is 16.1. The quantitative estimate of drug-likeness (QED) is 0.487. The summed E-state index contributed by atoms with van der Waals surface area (Å²) in [5, 5.41) is 6.55. The number of nitrogens with zero attached hydrogens (tertiary/aromatic N) is 2. The zero-order valence-corrected chi connectivity index (χ0v) is 19.0. The molecule has 0 atom stereocenters. The SMILES string of the molecule is Cc1cccc(OCCOc2cccc(C=C3CCN(C(=O)Nc4cnoc4C)CC3)c2)c1. The number of aromatic nitrogens is 1. The molecule has 0 aliphatic carbocycles. The van der Waals surface area contributed by atoms with Crippen LogP contribution >= 0.6 is 0 Å². The molecule has 1 fully saturated rings. The number of anilines is 1. The molecule has 2 aromatic carbocycles. The van der Waals surface area contributed by atoms with Crippen LogP contribution in [0.2, 0.25) is 0 Å². The number of hydrogen-bond donors (Lipinski definition) is 1. The van der Waals surface area contributed by atoms with Crippen LogP contribution < -0.4 is 14.8 Å². The van der Waals surface area contributed by atoms with Gasteiger partial charge in [0, 0.05) is 13.1 Å². The van der Waals surface area contributed by atoms with Gasteiger partial charge in [0.1, 0.15) is 30.4 Å². The molecule has 7 heteroatoms. The number of aryl methyl sites for hydroxylation is 2. The van der Waals surface area contributed by atoms with Crippen LogP contribution in [-0.4, -0.2) is 42.4 Å². The fourth-order valence-electron chi connectivity index (χ4n) is 3.71. The van der Waals surface area contributed by atoms with E-state index in [4.69, 9.17) is 14.0 Å². The third-order valence-corrected chi connectivity index (χ3v) is 5.52. The molecule has 3 aromatic rings. The predicted octanol–water partition coefficient (Wildman–Crippen LogP) is 5.46. The number of carbonyl (C=O) groups excluding carboxylic acids is 1. The summed E-state index contributed by atoms with van der Waals surface area (Å²) in [5.41, 5.74) is 4.20. The monoisotopic (exact) mass is 447 g/mol. The topological polar surface area (TPSA) is 76.8 Å². The Hall–Kier alpha value is -3.74. The summed E-state index contributed by atoms with van der Waals surface area (Å²) >= 11 is 0. The van der Waals surface area contributed by atoms with E-state index in [2.05, 4.69) is 22.6 Å². The van der Waals surface area contributed by atoms with Crippen molar-refractivity contribution in [3.63, 3.8) is 0 Å². The van der Waals surface area contributed by atoms with Crippen LogP contribution in [0.5, 0.6) is 11.5 Å². The molecule has 2 heterocycles. The van der Waals surface area contributed by atoms with Gasteiger partial charge < -0.3 is 24.2 Å². The molecular weight excluding hydrogens is 418 g/mol. The lowest BCUT2D eigenvalue weighted by atomic mass is 10.0. The molecule has 1 saturated heterocycles. The third kappa shape index (κ3) is 6.38. The van der Waals surface area contributed by atoms with E-state index in [1.165, 1.54) is 17.3 Å². The molecule has 0 unspecified atom stereocenters. The van der Waals surface area contributed by atoms with Gasteiger partial charge in [-0.3, -0.25) is 0 Å². The Balaban J connectivity index is 1.24. The molecule has 2 amide bonds. The van der Waals surface area contributed by atoms with Crippen LogP contribution in [0, 0.1) is 13.8 Å². The van der Waals surface area contributed by atoms with E-state index in [0.29, 0.717) is 37.8 Å². The number of hydrogen-bond acceptors (Lipinski definition) is 5. The van der Waals surface area contributed by atoms with Crippen LogP contribution in [0.3, 0.4) is 0 Å². The standard InChI is InChI=1S/C26H29N3O4/c1-19-5-3-7-23(15-19)31-13-14-32-24-8-4-6-22(17-24)16-21-9-11-29(12-10-21)26(30)28-25-18-27-33-20(25)2/h3-8,15-18H,9-14H2,1-2H3,(H,28,30). The minimum Gasteiger partial charge on any atom is -0.490 e. The molecule has 7 nitrogen and oxygen atoms in total. The van der Waals surface area contributed by atoms with Crippen LogP contribution in [0.1, 0.15) is 29.7 Å². The molecule has 1 aliphatic heterocycles. The van der Waals surface area contributed by atoms with Crippen molar-refractivity contribution < 1.29 is 18.8 Å². The number of ether oxygens (including phenoxy) is 2. The van der Waals surface area contributed by atoms with E-state index in [9.17, 15) is 4.79 Å². The second kappa shape index (κ2) is 10.7. The largest absolute Gasteiger partial charge is 0.490 e. The number of rotatable bonds is 7. The van der Waals surface area contributed by atoms with E-state index in [1.54, 1.807) is 6.92 Å². The average molecular weight is 448 g/mol. The summed E-state index contributed by atoms with van der Waals surface area (Å²) in [6.45, 7) is 6.13. The number of benzene rings is 2. The van der Waals surface area contributed by atoms with Crippen LogP contribution in [0.15, 0.2) is 64.8 Å². The fraction of sp³-hybridized carbons (Fsp3) is 0.308. The van der Waals surface area contributed by atoms with Gasteiger partial charge >= 0.3 is 6.03 Å². The van der Waals surface area contributed by atoms with Gasteiger partial charge in [0.25, 0.3) is 0 Å². The molecule has 0 saturated carbocycles. The van der Waals surface area contributed by atoms with Gasteiger partial charge in [-0.05, 0) is 62.1 Å². The lowest BCUT2D eigenvalue weighted by molar-refractivity contribution is 0.207. The van der Waals surface area contributed by atoms with Gasteiger partial charge in [-0.1, -0.05) is 41.1 Å². The Morgan fingerprint density at radius 1 is 1.06 bits per heavy atom. The van der Waals surface area contributed by atoms with E-state index in [1.807, 2.05) is 54.3 Å². The fourth-order valence-corrected chi connectivity index (χ4v) is 3.71. The van der Waals surface area contributed by atoms with Crippen molar-refractivity contribution in [1.29, 1.82) is 0 Å². The van der Waals surface area contributed by atoms with Crippen LogP contribution in [0.25, 0.3) is 6.08 Å². The van der Waals surface area contributed by atoms with Crippen LogP contribution in [0.4, 0.5) is 10.5 Å². The molecule has 0 bridgehead atoms. The maximum atomic E-state index is 12.5. The van der Waals surface area contributed by atoms with Crippen molar-refractivity contribution in [2.45, 2.75) is 26.7 Å². The maximum Gasteiger partial charge on any atom is 0.322 e. The molecule has 1 aromatic heterocycles. The first-order valence-electron chi connectivity index (χ1n) is 11.2. The summed E-state index contributed by atoms with van der Waals surface area (Å²) in [7, 11) is 0. The number of piperidine rings is 1. The first-order valence-corrected chi connectivity index (χ1v) is 11.2. The van der Waals surface area contributed by atoms with E-state index < -0.39 is 0 Å². The Labute approximate surface area is 194 Å². The van der Waals surface area contributed by atoms with Gasteiger partial charge in [-0.15, -0.1) is 0 Å². The van der Waals surface area contributed by atoms with E-state index >= 15 is 0 Å². The Morgan fingerprint density at radius 2 is 1.76 bits per heavy atom. The van der Waals surface area contributed by atoms with Gasteiger partial charge in [-0.2, -0.15) is 0 Å². The van der Waals surface area contributed by atoms with Gasteiger partial charge in [0.15, 0.2) is 5.76 Å². The highest BCUT2D eigenvalue weighted by atomic mass is 16.5. The minimum absolute atomic E-state index is 0.122. The van der Waals surface area contributed by atoms with Crippen molar-refractivity contribution in [2.24, 2.45) is 0 Å². The Morgan fingerprint density at radius 3 is 2.42 bits per heavy atom.